The number of aromatic nitrogens is 4. The minimum absolute atomic E-state index is 0.168. The molecular weight excluding hydrogens is 506 g/mol. The molecule has 1 aliphatic heterocycles. The van der Waals surface area contributed by atoms with Crippen molar-refractivity contribution in [3.63, 3.8) is 0 Å². The first kappa shape index (κ1) is 25.9. The number of rotatable bonds is 7. The van der Waals surface area contributed by atoms with Crippen molar-refractivity contribution in [2.24, 2.45) is 13.0 Å². The molecule has 0 bridgehead atoms. The summed E-state index contributed by atoms with van der Waals surface area (Å²) >= 11 is 5.87. The SMILES string of the molecule is CCn1ncc(NC(=O)C2CCN(S(=O)(=O)c3ccc(Cl)cc3)CC2)c1C(=O)Nc1cnn(C)c1C. The number of benzene rings is 1. The molecule has 2 aromatic heterocycles. The average Bonchev–Trinajstić information content (AvgIpc) is 3.42. The van der Waals surface area contributed by atoms with Crippen LogP contribution < -0.4 is 10.6 Å². The average molecular weight is 534 g/mol. The number of carbonyl (C=O) groups is 2. The van der Waals surface area contributed by atoms with Gasteiger partial charge in [0.25, 0.3) is 5.91 Å². The van der Waals surface area contributed by atoms with Crippen molar-refractivity contribution in [1.29, 1.82) is 0 Å². The van der Waals surface area contributed by atoms with Crippen LogP contribution in [-0.4, -0.2) is 57.2 Å². The Balaban J connectivity index is 1.42. The van der Waals surface area contributed by atoms with E-state index in [0.717, 1.165) is 5.69 Å². The van der Waals surface area contributed by atoms with Gasteiger partial charge >= 0.3 is 0 Å². The Labute approximate surface area is 214 Å². The number of hydrogen-bond acceptors (Lipinski definition) is 6. The Morgan fingerprint density at radius 1 is 1.06 bits per heavy atom. The highest BCUT2D eigenvalue weighted by atomic mass is 35.5. The third-order valence-corrected chi connectivity index (χ3v) is 8.54. The fourth-order valence-electron chi connectivity index (χ4n) is 4.11. The van der Waals surface area contributed by atoms with Crippen LogP contribution in [0.1, 0.15) is 35.9 Å². The van der Waals surface area contributed by atoms with Crippen molar-refractivity contribution in [2.45, 2.75) is 38.1 Å². The highest BCUT2D eigenvalue weighted by Gasteiger charge is 2.33. The topological polar surface area (TPSA) is 131 Å². The van der Waals surface area contributed by atoms with Crippen molar-refractivity contribution in [2.75, 3.05) is 23.7 Å². The molecule has 1 fully saturated rings. The third kappa shape index (κ3) is 5.15. The van der Waals surface area contributed by atoms with E-state index >= 15 is 0 Å². The van der Waals surface area contributed by atoms with Crippen LogP contribution >= 0.6 is 11.6 Å². The van der Waals surface area contributed by atoms with Gasteiger partial charge in [0.1, 0.15) is 5.69 Å². The van der Waals surface area contributed by atoms with Gasteiger partial charge in [-0.05, 0) is 51.0 Å². The number of anilines is 2. The molecule has 3 aromatic rings. The van der Waals surface area contributed by atoms with E-state index in [2.05, 4.69) is 20.8 Å². The zero-order valence-corrected chi connectivity index (χ0v) is 21.8. The van der Waals surface area contributed by atoms with Gasteiger partial charge in [-0.2, -0.15) is 14.5 Å². The van der Waals surface area contributed by atoms with Crippen LogP contribution in [-0.2, 0) is 28.4 Å². The maximum Gasteiger partial charge on any atom is 0.276 e. The number of halogens is 1. The zero-order valence-electron chi connectivity index (χ0n) is 20.2. The predicted molar refractivity (Wildman–Crippen MR) is 135 cm³/mol. The highest BCUT2D eigenvalue weighted by Crippen LogP contribution is 2.27. The normalized spacial score (nSPS) is 15.1. The molecular formula is C23H28ClN7O4S. The lowest BCUT2D eigenvalue weighted by atomic mass is 9.97. The number of piperidine rings is 1. The van der Waals surface area contributed by atoms with Crippen molar-refractivity contribution in [3.05, 3.63) is 53.1 Å². The monoisotopic (exact) mass is 533 g/mol. The minimum atomic E-state index is -3.67. The number of nitrogens with zero attached hydrogens (tertiary/aromatic N) is 5. The minimum Gasteiger partial charge on any atom is -0.323 e. The van der Waals surface area contributed by atoms with Crippen LogP contribution in [0.5, 0.6) is 0 Å². The van der Waals surface area contributed by atoms with E-state index in [-0.39, 0.29) is 29.6 Å². The molecule has 3 heterocycles. The molecule has 1 saturated heterocycles. The van der Waals surface area contributed by atoms with Crippen LogP contribution in [0.2, 0.25) is 5.02 Å². The van der Waals surface area contributed by atoms with E-state index in [4.69, 9.17) is 11.6 Å². The lowest BCUT2D eigenvalue weighted by molar-refractivity contribution is -0.120. The second-order valence-corrected chi connectivity index (χ2v) is 10.9. The van der Waals surface area contributed by atoms with E-state index < -0.39 is 21.8 Å². The number of amides is 2. The molecule has 0 unspecified atom stereocenters. The number of nitrogens with one attached hydrogen (secondary N) is 2. The van der Waals surface area contributed by atoms with Gasteiger partial charge in [0.15, 0.2) is 0 Å². The number of sulfonamides is 1. The summed E-state index contributed by atoms with van der Waals surface area (Å²) in [7, 11) is -1.89. The molecule has 1 aromatic carbocycles. The molecule has 13 heteroatoms. The molecule has 36 heavy (non-hydrogen) atoms. The van der Waals surface area contributed by atoms with Gasteiger partial charge in [-0.3, -0.25) is 19.0 Å². The van der Waals surface area contributed by atoms with Gasteiger partial charge in [-0.25, -0.2) is 8.42 Å². The quantitative estimate of drug-likeness (QED) is 0.480. The number of hydrogen-bond donors (Lipinski definition) is 2. The molecule has 192 valence electrons. The van der Waals surface area contributed by atoms with Gasteiger partial charge in [0.05, 0.1) is 34.4 Å². The van der Waals surface area contributed by atoms with E-state index in [1.807, 2.05) is 13.8 Å². The summed E-state index contributed by atoms with van der Waals surface area (Å²) in [6.07, 6.45) is 3.73. The Morgan fingerprint density at radius 3 is 2.28 bits per heavy atom. The number of carbonyl (C=O) groups excluding carboxylic acids is 2. The van der Waals surface area contributed by atoms with Crippen LogP contribution in [0.25, 0.3) is 0 Å². The lowest BCUT2D eigenvalue weighted by Crippen LogP contribution is -2.41. The molecule has 0 atom stereocenters. The van der Waals surface area contributed by atoms with Crippen molar-refractivity contribution < 1.29 is 18.0 Å². The van der Waals surface area contributed by atoms with Gasteiger partial charge < -0.3 is 10.6 Å². The van der Waals surface area contributed by atoms with E-state index in [0.29, 0.717) is 35.8 Å². The Hall–Kier alpha value is -3.22. The second-order valence-electron chi connectivity index (χ2n) is 8.57. The largest absolute Gasteiger partial charge is 0.323 e. The molecule has 0 radical (unpaired) electrons. The summed E-state index contributed by atoms with van der Waals surface area (Å²) in [5, 5.41) is 14.5. The molecule has 0 spiro atoms. The summed E-state index contributed by atoms with van der Waals surface area (Å²) in [5.41, 5.74) is 1.89. The molecule has 4 rings (SSSR count). The Morgan fingerprint density at radius 2 is 1.69 bits per heavy atom. The first-order valence-corrected chi connectivity index (χ1v) is 13.4. The van der Waals surface area contributed by atoms with Gasteiger partial charge in [-0.15, -0.1) is 0 Å². The number of aryl methyl sites for hydroxylation is 2. The van der Waals surface area contributed by atoms with Crippen LogP contribution in [0.3, 0.4) is 0 Å². The second kappa shape index (κ2) is 10.4. The van der Waals surface area contributed by atoms with Crippen molar-refractivity contribution in [1.82, 2.24) is 23.9 Å². The fraction of sp³-hybridized carbons (Fsp3) is 0.391. The molecule has 1 aliphatic rings. The summed E-state index contributed by atoms with van der Waals surface area (Å²) in [4.78, 5) is 26.3. The molecule has 0 aliphatic carbocycles. The van der Waals surface area contributed by atoms with Crippen LogP contribution in [0, 0.1) is 12.8 Å². The molecule has 11 nitrogen and oxygen atoms in total. The first-order valence-electron chi connectivity index (χ1n) is 11.5. The van der Waals surface area contributed by atoms with Gasteiger partial charge in [-0.1, -0.05) is 11.6 Å². The third-order valence-electron chi connectivity index (χ3n) is 6.37. The smallest absolute Gasteiger partial charge is 0.276 e. The van der Waals surface area contributed by atoms with Gasteiger partial charge in [0.2, 0.25) is 15.9 Å². The van der Waals surface area contributed by atoms with E-state index in [1.165, 1.54) is 39.4 Å². The lowest BCUT2D eigenvalue weighted by Gasteiger charge is -2.30. The fourth-order valence-corrected chi connectivity index (χ4v) is 5.70. The summed E-state index contributed by atoms with van der Waals surface area (Å²) in [6.45, 7) is 4.55. The van der Waals surface area contributed by atoms with Crippen molar-refractivity contribution >= 4 is 44.8 Å². The maximum atomic E-state index is 13.1. The summed E-state index contributed by atoms with van der Waals surface area (Å²) in [5.74, 6) is -1.09. The first-order chi connectivity index (χ1) is 17.1. The van der Waals surface area contributed by atoms with E-state index in [1.54, 1.807) is 17.9 Å². The summed E-state index contributed by atoms with van der Waals surface area (Å²) < 4.78 is 30.4. The van der Waals surface area contributed by atoms with E-state index in [9.17, 15) is 18.0 Å². The zero-order chi connectivity index (χ0) is 26.0. The standard InChI is InChI=1S/C23H28ClN7O4S/c1-4-31-21(23(33)27-19-13-25-29(3)15(19)2)20(14-26-31)28-22(32)16-9-11-30(12-10-16)36(34,35)18-7-5-17(24)6-8-18/h5-8,13-14,16H,4,9-12H2,1-3H3,(H,27,33)(H,28,32). The molecule has 0 saturated carbocycles. The van der Waals surface area contributed by atoms with Crippen LogP contribution in [0.15, 0.2) is 41.6 Å². The molecule has 2 N–H and O–H groups in total. The van der Waals surface area contributed by atoms with Crippen LogP contribution in [0.4, 0.5) is 11.4 Å². The summed E-state index contributed by atoms with van der Waals surface area (Å²) in [6, 6.07) is 6.02. The Bertz CT molecular complexity index is 1370. The highest BCUT2D eigenvalue weighted by molar-refractivity contribution is 7.89. The Kier molecular flexibility index (Phi) is 7.48. The van der Waals surface area contributed by atoms with Crippen molar-refractivity contribution in [3.8, 4) is 0 Å². The molecule has 2 amide bonds. The van der Waals surface area contributed by atoms with Gasteiger partial charge in [0, 0.05) is 37.6 Å². The maximum absolute atomic E-state index is 13.1. The predicted octanol–water partition coefficient (Wildman–Crippen LogP) is 2.89.